The highest BCUT2D eigenvalue weighted by atomic mass is 16.5. The number of rotatable bonds is 4. The van der Waals surface area contributed by atoms with Crippen LogP contribution in [0.5, 0.6) is 0 Å². The maximum atomic E-state index is 12.7. The molecular weight excluding hydrogens is 330 g/mol. The average Bonchev–Trinajstić information content (AvgIpc) is 2.65. The van der Waals surface area contributed by atoms with E-state index in [1.54, 1.807) is 31.4 Å². The summed E-state index contributed by atoms with van der Waals surface area (Å²) in [4.78, 5) is 28.7. The molecule has 0 saturated carbocycles. The maximum Gasteiger partial charge on any atom is 0.254 e. The SMILES string of the molecule is COC1C(=O)N(C(C)C)C1C1CCN(C(=O)c2cccc(C#N)c2)CC1. The Kier molecular flexibility index (Phi) is 5.28. The van der Waals surface area contributed by atoms with Crippen LogP contribution in [-0.2, 0) is 9.53 Å². The zero-order valence-corrected chi connectivity index (χ0v) is 15.5. The number of nitriles is 1. The number of nitrogens with zero attached hydrogens (tertiary/aromatic N) is 3. The summed E-state index contributed by atoms with van der Waals surface area (Å²) >= 11 is 0. The minimum atomic E-state index is -0.350. The molecule has 6 nitrogen and oxygen atoms in total. The quantitative estimate of drug-likeness (QED) is 0.775. The van der Waals surface area contributed by atoms with Gasteiger partial charge in [0.1, 0.15) is 0 Å². The van der Waals surface area contributed by atoms with Gasteiger partial charge in [0.25, 0.3) is 11.8 Å². The second-order valence-corrected chi connectivity index (χ2v) is 7.31. The Bertz CT molecular complexity index is 732. The first kappa shape index (κ1) is 18.4. The summed E-state index contributed by atoms with van der Waals surface area (Å²) in [6.07, 6.45) is 1.35. The van der Waals surface area contributed by atoms with E-state index in [1.165, 1.54) is 0 Å². The van der Waals surface area contributed by atoms with E-state index < -0.39 is 0 Å². The molecule has 2 fully saturated rings. The molecule has 1 aromatic rings. The van der Waals surface area contributed by atoms with Crippen molar-refractivity contribution in [1.29, 1.82) is 5.26 Å². The van der Waals surface area contributed by atoms with E-state index in [0.717, 1.165) is 12.8 Å². The highest BCUT2D eigenvalue weighted by Gasteiger charge is 2.52. The second-order valence-electron chi connectivity index (χ2n) is 7.31. The summed E-state index contributed by atoms with van der Waals surface area (Å²) in [5, 5.41) is 9.00. The molecule has 2 saturated heterocycles. The van der Waals surface area contributed by atoms with Gasteiger partial charge in [-0.05, 0) is 50.8 Å². The number of carbonyl (C=O) groups excluding carboxylic acids is 2. The van der Waals surface area contributed by atoms with Crippen molar-refractivity contribution < 1.29 is 14.3 Å². The van der Waals surface area contributed by atoms with Crippen molar-refractivity contribution in [3.8, 4) is 6.07 Å². The molecule has 0 aliphatic carbocycles. The van der Waals surface area contributed by atoms with Gasteiger partial charge in [-0.25, -0.2) is 0 Å². The normalized spacial score (nSPS) is 23.7. The molecular formula is C20H25N3O3. The van der Waals surface area contributed by atoms with E-state index >= 15 is 0 Å². The molecule has 1 aromatic carbocycles. The van der Waals surface area contributed by atoms with E-state index in [-0.39, 0.29) is 30.0 Å². The molecule has 0 N–H and O–H groups in total. The fourth-order valence-electron chi connectivity index (χ4n) is 4.17. The summed E-state index contributed by atoms with van der Waals surface area (Å²) in [5.74, 6) is 0.378. The predicted octanol–water partition coefficient (Wildman–Crippen LogP) is 2.04. The molecule has 2 aliphatic heterocycles. The number of β-lactam (4-membered cyclic amide) rings is 1. The van der Waals surface area contributed by atoms with Crippen molar-refractivity contribution in [3.05, 3.63) is 35.4 Å². The number of hydrogen-bond acceptors (Lipinski definition) is 4. The third-order valence-corrected chi connectivity index (χ3v) is 5.49. The van der Waals surface area contributed by atoms with E-state index in [9.17, 15) is 9.59 Å². The largest absolute Gasteiger partial charge is 0.369 e. The maximum absolute atomic E-state index is 12.7. The van der Waals surface area contributed by atoms with Crippen LogP contribution < -0.4 is 0 Å². The van der Waals surface area contributed by atoms with Gasteiger partial charge in [0.05, 0.1) is 17.7 Å². The molecule has 0 bridgehead atoms. The Hall–Kier alpha value is -2.39. The lowest BCUT2D eigenvalue weighted by atomic mass is 9.79. The number of likely N-dealkylation sites (tertiary alicyclic amines) is 2. The fraction of sp³-hybridized carbons (Fsp3) is 0.550. The Balaban J connectivity index is 1.64. The average molecular weight is 355 g/mol. The Morgan fingerprint density at radius 3 is 2.58 bits per heavy atom. The Morgan fingerprint density at radius 1 is 1.31 bits per heavy atom. The Labute approximate surface area is 154 Å². The van der Waals surface area contributed by atoms with Crippen LogP contribution in [0, 0.1) is 17.2 Å². The zero-order chi connectivity index (χ0) is 18.8. The van der Waals surface area contributed by atoms with Crippen LogP contribution in [0.15, 0.2) is 24.3 Å². The predicted molar refractivity (Wildman–Crippen MR) is 96.4 cm³/mol. The van der Waals surface area contributed by atoms with E-state index in [1.807, 2.05) is 23.6 Å². The first-order valence-corrected chi connectivity index (χ1v) is 9.12. The van der Waals surface area contributed by atoms with Crippen molar-refractivity contribution in [2.75, 3.05) is 20.2 Å². The summed E-state index contributed by atoms with van der Waals surface area (Å²) in [7, 11) is 1.59. The first-order chi connectivity index (χ1) is 12.5. The summed E-state index contributed by atoms with van der Waals surface area (Å²) in [5.41, 5.74) is 1.05. The lowest BCUT2D eigenvalue weighted by molar-refractivity contribution is -0.181. The van der Waals surface area contributed by atoms with Crippen molar-refractivity contribution in [3.63, 3.8) is 0 Å². The van der Waals surface area contributed by atoms with Gasteiger partial charge in [-0.15, -0.1) is 0 Å². The van der Waals surface area contributed by atoms with Crippen LogP contribution in [-0.4, -0.2) is 60.0 Å². The van der Waals surface area contributed by atoms with Crippen LogP contribution in [0.2, 0.25) is 0 Å². The number of piperidine rings is 1. The summed E-state index contributed by atoms with van der Waals surface area (Å²) < 4.78 is 5.41. The molecule has 26 heavy (non-hydrogen) atoms. The van der Waals surface area contributed by atoms with Crippen molar-refractivity contribution in [2.45, 2.75) is 44.9 Å². The number of ether oxygens (including phenoxy) is 1. The molecule has 138 valence electrons. The lowest BCUT2D eigenvalue weighted by Gasteiger charge is -2.53. The van der Waals surface area contributed by atoms with Gasteiger partial charge < -0.3 is 14.5 Å². The number of carbonyl (C=O) groups is 2. The van der Waals surface area contributed by atoms with Gasteiger partial charge in [0.15, 0.2) is 6.10 Å². The van der Waals surface area contributed by atoms with E-state index in [2.05, 4.69) is 6.07 Å². The second kappa shape index (κ2) is 7.46. The topological polar surface area (TPSA) is 73.6 Å². The van der Waals surface area contributed by atoms with Gasteiger partial charge in [0.2, 0.25) is 0 Å². The standard InChI is InChI=1S/C20H25N3O3/c1-13(2)23-17(18(26-3)20(23)25)15-7-9-22(10-8-15)19(24)16-6-4-5-14(11-16)12-21/h4-6,11,13,15,17-18H,7-10H2,1-3H3. The van der Waals surface area contributed by atoms with Crippen molar-refractivity contribution in [1.82, 2.24) is 9.80 Å². The van der Waals surface area contributed by atoms with E-state index in [4.69, 9.17) is 10.00 Å². The molecule has 3 rings (SSSR count). The summed E-state index contributed by atoms with van der Waals surface area (Å²) in [6, 6.07) is 9.16. The minimum Gasteiger partial charge on any atom is -0.369 e. The highest BCUT2D eigenvalue weighted by Crippen LogP contribution is 2.36. The minimum absolute atomic E-state index is 0.0331. The number of hydrogen-bond donors (Lipinski definition) is 0. The molecule has 6 heteroatoms. The van der Waals surface area contributed by atoms with Gasteiger partial charge in [0, 0.05) is 31.8 Å². The molecule has 2 amide bonds. The van der Waals surface area contributed by atoms with Crippen LogP contribution in [0.25, 0.3) is 0 Å². The third kappa shape index (κ3) is 3.19. The van der Waals surface area contributed by atoms with Crippen LogP contribution in [0.4, 0.5) is 0 Å². The smallest absolute Gasteiger partial charge is 0.254 e. The molecule has 2 unspecified atom stereocenters. The molecule has 2 atom stereocenters. The third-order valence-electron chi connectivity index (χ3n) is 5.49. The van der Waals surface area contributed by atoms with Crippen LogP contribution in [0.3, 0.4) is 0 Å². The van der Waals surface area contributed by atoms with Gasteiger partial charge >= 0.3 is 0 Å². The van der Waals surface area contributed by atoms with Gasteiger partial charge in [-0.1, -0.05) is 6.07 Å². The van der Waals surface area contributed by atoms with E-state index in [0.29, 0.717) is 30.1 Å². The van der Waals surface area contributed by atoms with Crippen molar-refractivity contribution in [2.24, 2.45) is 5.92 Å². The van der Waals surface area contributed by atoms with Crippen LogP contribution >= 0.6 is 0 Å². The summed E-state index contributed by atoms with van der Waals surface area (Å²) in [6.45, 7) is 5.37. The molecule has 0 aromatic heterocycles. The molecule has 0 spiro atoms. The number of benzene rings is 1. The van der Waals surface area contributed by atoms with Crippen LogP contribution in [0.1, 0.15) is 42.6 Å². The fourth-order valence-corrected chi connectivity index (χ4v) is 4.17. The number of amides is 2. The Morgan fingerprint density at radius 2 is 2.00 bits per heavy atom. The number of methoxy groups -OCH3 is 1. The lowest BCUT2D eigenvalue weighted by Crippen LogP contribution is -2.70. The first-order valence-electron chi connectivity index (χ1n) is 9.12. The molecule has 2 heterocycles. The molecule has 2 aliphatic rings. The van der Waals surface area contributed by atoms with Gasteiger partial charge in [-0.3, -0.25) is 9.59 Å². The van der Waals surface area contributed by atoms with Gasteiger partial charge in [-0.2, -0.15) is 5.26 Å². The zero-order valence-electron chi connectivity index (χ0n) is 15.5. The molecule has 0 radical (unpaired) electrons. The van der Waals surface area contributed by atoms with Crippen molar-refractivity contribution >= 4 is 11.8 Å². The highest BCUT2D eigenvalue weighted by molar-refractivity contribution is 5.94. The monoisotopic (exact) mass is 355 g/mol.